The van der Waals surface area contributed by atoms with Crippen molar-refractivity contribution in [3.63, 3.8) is 0 Å². The highest BCUT2D eigenvalue weighted by atomic mass is 35.5. The number of ether oxygens (including phenoxy) is 1. The van der Waals surface area contributed by atoms with Crippen molar-refractivity contribution in [3.8, 4) is 17.3 Å². The summed E-state index contributed by atoms with van der Waals surface area (Å²) in [7, 11) is 0. The van der Waals surface area contributed by atoms with E-state index in [0.29, 0.717) is 38.5 Å². The zero-order chi connectivity index (χ0) is 20.8. The number of nitrogens with zero attached hydrogens (tertiary/aromatic N) is 2. The summed E-state index contributed by atoms with van der Waals surface area (Å²) in [6.07, 6.45) is 1.58. The Morgan fingerprint density at radius 2 is 2.00 bits per heavy atom. The Hall–Kier alpha value is -2.85. The Labute approximate surface area is 182 Å². The van der Waals surface area contributed by atoms with E-state index in [4.69, 9.17) is 27.9 Å². The smallest absolute Gasteiger partial charge is 0.338 e. The molecule has 146 valence electrons. The van der Waals surface area contributed by atoms with E-state index in [1.807, 2.05) is 11.4 Å². The Morgan fingerprint density at radius 1 is 1.24 bits per heavy atom. The molecule has 5 nitrogen and oxygen atoms in total. The third kappa shape index (κ3) is 5.15. The van der Waals surface area contributed by atoms with Gasteiger partial charge in [0.1, 0.15) is 16.6 Å². The third-order valence-corrected chi connectivity index (χ3v) is 5.46. The molecule has 29 heavy (non-hydrogen) atoms. The summed E-state index contributed by atoms with van der Waals surface area (Å²) in [5.74, 6) is -0.370. The normalized spacial score (nSPS) is 11.0. The predicted molar refractivity (Wildman–Crippen MR) is 117 cm³/mol. The van der Waals surface area contributed by atoms with Crippen molar-refractivity contribution in [2.75, 3.05) is 11.9 Å². The van der Waals surface area contributed by atoms with Crippen LogP contribution in [0.1, 0.15) is 22.3 Å². The molecule has 0 radical (unpaired) electrons. The fraction of sp³-hybridized carbons (Fsp3) is 0.0952. The minimum atomic E-state index is -0.370. The van der Waals surface area contributed by atoms with E-state index >= 15 is 0 Å². The third-order valence-electron chi connectivity index (χ3n) is 3.85. The number of carbonyl (C=O) groups excluding carboxylic acids is 1. The summed E-state index contributed by atoms with van der Waals surface area (Å²) in [5, 5.41) is 15.9. The lowest BCUT2D eigenvalue weighted by Gasteiger charge is -2.04. The summed E-state index contributed by atoms with van der Waals surface area (Å²) in [5.41, 5.74) is 3.11. The highest BCUT2D eigenvalue weighted by molar-refractivity contribution is 7.11. The predicted octanol–water partition coefficient (Wildman–Crippen LogP) is 6.27. The van der Waals surface area contributed by atoms with E-state index in [1.54, 1.807) is 49.5 Å². The minimum absolute atomic E-state index is 0.325. The van der Waals surface area contributed by atoms with Gasteiger partial charge >= 0.3 is 5.97 Å². The van der Waals surface area contributed by atoms with E-state index < -0.39 is 0 Å². The van der Waals surface area contributed by atoms with Crippen LogP contribution in [0.5, 0.6) is 0 Å². The molecule has 3 aromatic rings. The second-order valence-electron chi connectivity index (χ2n) is 5.78. The maximum atomic E-state index is 11.7. The van der Waals surface area contributed by atoms with E-state index in [2.05, 4.69) is 16.4 Å². The fourth-order valence-electron chi connectivity index (χ4n) is 2.40. The lowest BCUT2D eigenvalue weighted by atomic mass is 10.2. The van der Waals surface area contributed by atoms with E-state index in [-0.39, 0.29) is 5.97 Å². The van der Waals surface area contributed by atoms with Crippen LogP contribution in [0.25, 0.3) is 16.8 Å². The number of thiazole rings is 1. The maximum absolute atomic E-state index is 11.7. The molecule has 0 aliphatic heterocycles. The van der Waals surface area contributed by atoms with Crippen molar-refractivity contribution in [1.82, 2.24) is 4.98 Å². The van der Waals surface area contributed by atoms with Gasteiger partial charge in [-0.15, -0.1) is 11.3 Å². The molecule has 0 atom stereocenters. The number of carbonyl (C=O) groups is 1. The number of rotatable bonds is 6. The van der Waals surface area contributed by atoms with Crippen molar-refractivity contribution in [2.45, 2.75) is 6.92 Å². The van der Waals surface area contributed by atoms with Gasteiger partial charge in [-0.05, 0) is 43.3 Å². The monoisotopic (exact) mass is 443 g/mol. The minimum Gasteiger partial charge on any atom is -0.462 e. The van der Waals surface area contributed by atoms with Crippen LogP contribution in [0.15, 0.2) is 54.0 Å². The summed E-state index contributed by atoms with van der Waals surface area (Å²) in [4.78, 5) is 16.2. The van der Waals surface area contributed by atoms with Gasteiger partial charge < -0.3 is 10.1 Å². The Kier molecular flexibility index (Phi) is 6.89. The Balaban J connectivity index is 1.75. The molecule has 0 aliphatic rings. The quantitative estimate of drug-likeness (QED) is 0.358. The molecule has 1 N–H and O–H groups in total. The molecule has 2 aromatic carbocycles. The van der Waals surface area contributed by atoms with Gasteiger partial charge in [-0.3, -0.25) is 0 Å². The molecule has 0 spiro atoms. The molecule has 0 saturated heterocycles. The van der Waals surface area contributed by atoms with Gasteiger partial charge in [0.15, 0.2) is 0 Å². The zero-order valence-corrected chi connectivity index (χ0v) is 17.6. The SMILES string of the molecule is CCOC(=O)c1ccc(NC=C(C#N)c2nc(-c3ccc(Cl)c(Cl)c3)cs2)cc1. The van der Waals surface area contributed by atoms with Gasteiger partial charge in [0.05, 0.1) is 27.9 Å². The van der Waals surface area contributed by atoms with Crippen molar-refractivity contribution in [3.05, 3.63) is 74.7 Å². The molecule has 8 heteroatoms. The van der Waals surface area contributed by atoms with E-state index in [1.165, 1.54) is 11.3 Å². The van der Waals surface area contributed by atoms with Crippen molar-refractivity contribution >= 4 is 51.8 Å². The first-order valence-corrected chi connectivity index (χ1v) is 10.2. The van der Waals surface area contributed by atoms with Gasteiger partial charge in [0, 0.05) is 22.8 Å². The number of hydrogen-bond acceptors (Lipinski definition) is 6. The average molecular weight is 444 g/mol. The molecule has 0 fully saturated rings. The van der Waals surface area contributed by atoms with Crippen LogP contribution >= 0.6 is 34.5 Å². The number of halogens is 2. The lowest BCUT2D eigenvalue weighted by molar-refractivity contribution is 0.0526. The van der Waals surface area contributed by atoms with Gasteiger partial charge in [0.2, 0.25) is 0 Å². The maximum Gasteiger partial charge on any atom is 0.338 e. The summed E-state index contributed by atoms with van der Waals surface area (Å²) in [6, 6.07) is 14.2. The number of esters is 1. The molecule has 1 heterocycles. The second-order valence-corrected chi connectivity index (χ2v) is 7.45. The first-order valence-electron chi connectivity index (χ1n) is 8.57. The standard InChI is InChI=1S/C21H15Cl2N3O2S/c1-2-28-21(27)13-3-6-16(7-4-13)25-11-15(10-24)20-26-19(12-29-20)14-5-8-17(22)18(23)9-14/h3-9,11-12,25H,2H2,1H3. The number of nitriles is 1. The fourth-order valence-corrected chi connectivity index (χ4v) is 3.49. The number of nitrogens with one attached hydrogen (secondary N) is 1. The molecular formula is C21H15Cl2N3O2S. The lowest BCUT2D eigenvalue weighted by Crippen LogP contribution is -2.04. The van der Waals surface area contributed by atoms with Gasteiger partial charge in [-0.25, -0.2) is 9.78 Å². The summed E-state index contributed by atoms with van der Waals surface area (Å²) < 4.78 is 4.96. The topological polar surface area (TPSA) is 75.0 Å². The Morgan fingerprint density at radius 3 is 2.66 bits per heavy atom. The van der Waals surface area contributed by atoms with Crippen LogP contribution in [0.4, 0.5) is 5.69 Å². The molecule has 0 saturated carbocycles. The van der Waals surface area contributed by atoms with Gasteiger partial charge in [-0.1, -0.05) is 29.3 Å². The molecule has 3 rings (SSSR count). The summed E-state index contributed by atoms with van der Waals surface area (Å²) in [6.45, 7) is 2.08. The average Bonchev–Trinajstić information content (AvgIpc) is 3.21. The molecule has 0 bridgehead atoms. The van der Waals surface area contributed by atoms with Crippen LogP contribution in [0.2, 0.25) is 10.0 Å². The highest BCUT2D eigenvalue weighted by Crippen LogP contribution is 2.30. The number of hydrogen-bond donors (Lipinski definition) is 1. The van der Waals surface area contributed by atoms with Crippen molar-refractivity contribution < 1.29 is 9.53 Å². The van der Waals surface area contributed by atoms with Crippen LogP contribution in [0.3, 0.4) is 0 Å². The molecule has 0 aliphatic carbocycles. The number of aromatic nitrogens is 1. The van der Waals surface area contributed by atoms with Crippen LogP contribution in [-0.4, -0.2) is 17.6 Å². The molecule has 1 aromatic heterocycles. The van der Waals surface area contributed by atoms with Crippen LogP contribution in [0, 0.1) is 11.3 Å². The zero-order valence-electron chi connectivity index (χ0n) is 15.3. The molecular weight excluding hydrogens is 429 g/mol. The second kappa shape index (κ2) is 9.57. The first-order chi connectivity index (χ1) is 14.0. The van der Waals surface area contributed by atoms with Gasteiger partial charge in [0.25, 0.3) is 0 Å². The molecule has 0 amide bonds. The molecule has 0 unspecified atom stereocenters. The largest absolute Gasteiger partial charge is 0.462 e. The highest BCUT2D eigenvalue weighted by Gasteiger charge is 2.11. The van der Waals surface area contributed by atoms with Crippen LogP contribution < -0.4 is 5.32 Å². The Bertz CT molecular complexity index is 1100. The summed E-state index contributed by atoms with van der Waals surface area (Å²) >= 11 is 13.4. The first kappa shape index (κ1) is 20.9. The van der Waals surface area contributed by atoms with Crippen molar-refractivity contribution in [2.24, 2.45) is 0 Å². The number of anilines is 1. The van der Waals surface area contributed by atoms with Crippen LogP contribution in [-0.2, 0) is 4.74 Å². The number of allylic oxidation sites excluding steroid dienone is 1. The van der Waals surface area contributed by atoms with Gasteiger partial charge in [-0.2, -0.15) is 5.26 Å². The number of benzene rings is 2. The van der Waals surface area contributed by atoms with E-state index in [9.17, 15) is 10.1 Å². The van der Waals surface area contributed by atoms with E-state index in [0.717, 1.165) is 11.3 Å². The van der Waals surface area contributed by atoms with Crippen molar-refractivity contribution in [1.29, 1.82) is 5.26 Å².